The number of hydrogen-bond acceptors (Lipinski definition) is 4. The van der Waals surface area contributed by atoms with Crippen molar-refractivity contribution in [3.05, 3.63) is 59.7 Å². The van der Waals surface area contributed by atoms with Crippen molar-refractivity contribution < 1.29 is 14.3 Å². The normalized spacial score (nSPS) is 15.9. The molecule has 31 heavy (non-hydrogen) atoms. The number of nitrogens with zero attached hydrogens (tertiary/aromatic N) is 2. The molecule has 1 unspecified atom stereocenters. The van der Waals surface area contributed by atoms with Crippen LogP contribution in [0.1, 0.15) is 43.4 Å². The Hall–Kier alpha value is -2.86. The Balaban J connectivity index is 1.62. The minimum Gasteiger partial charge on any atom is -0.497 e. The van der Waals surface area contributed by atoms with Crippen LogP contribution in [0.4, 0.5) is 5.69 Å². The number of likely N-dealkylation sites (tertiary alicyclic amines) is 1. The van der Waals surface area contributed by atoms with Crippen LogP contribution in [0.5, 0.6) is 5.75 Å². The Morgan fingerprint density at radius 2 is 1.87 bits per heavy atom. The van der Waals surface area contributed by atoms with Gasteiger partial charge in [-0.3, -0.25) is 14.5 Å². The first kappa shape index (κ1) is 22.8. The lowest BCUT2D eigenvalue weighted by molar-refractivity contribution is -0.133. The van der Waals surface area contributed by atoms with Gasteiger partial charge < -0.3 is 15.0 Å². The molecule has 0 aromatic heterocycles. The average Bonchev–Trinajstić information content (AvgIpc) is 3.25. The Bertz CT molecular complexity index is 882. The van der Waals surface area contributed by atoms with E-state index in [2.05, 4.69) is 12.2 Å². The number of carbonyl (C=O) groups excluding carboxylic acids is 2. The Morgan fingerprint density at radius 1 is 1.13 bits per heavy atom. The number of methoxy groups -OCH3 is 1. The third-order valence-electron chi connectivity index (χ3n) is 5.76. The molecule has 0 aliphatic carbocycles. The van der Waals surface area contributed by atoms with Crippen molar-refractivity contribution in [2.45, 2.75) is 39.2 Å². The third-order valence-corrected chi connectivity index (χ3v) is 5.76. The lowest BCUT2D eigenvalue weighted by Crippen LogP contribution is -2.43. The molecule has 1 saturated heterocycles. The summed E-state index contributed by atoms with van der Waals surface area (Å²) < 4.78 is 5.25. The van der Waals surface area contributed by atoms with Gasteiger partial charge in [-0.15, -0.1) is 0 Å². The highest BCUT2D eigenvalue weighted by atomic mass is 16.5. The molecular formula is C25H33N3O3. The van der Waals surface area contributed by atoms with Crippen molar-refractivity contribution in [2.24, 2.45) is 0 Å². The van der Waals surface area contributed by atoms with Gasteiger partial charge in [0, 0.05) is 12.2 Å². The smallest absolute Gasteiger partial charge is 0.238 e. The molecule has 6 nitrogen and oxygen atoms in total. The molecule has 6 heteroatoms. The number of hydrogen-bond donors (Lipinski definition) is 1. The van der Waals surface area contributed by atoms with Gasteiger partial charge in [0.2, 0.25) is 11.8 Å². The summed E-state index contributed by atoms with van der Waals surface area (Å²) in [6.45, 7) is 5.94. The fraction of sp³-hybridized carbons (Fsp3) is 0.440. The molecule has 166 valence electrons. The maximum Gasteiger partial charge on any atom is 0.238 e. The van der Waals surface area contributed by atoms with Crippen LogP contribution in [0.2, 0.25) is 0 Å². The van der Waals surface area contributed by atoms with Crippen LogP contribution < -0.4 is 10.1 Å². The van der Waals surface area contributed by atoms with Gasteiger partial charge in [-0.1, -0.05) is 37.3 Å². The van der Waals surface area contributed by atoms with Crippen molar-refractivity contribution in [3.63, 3.8) is 0 Å². The first-order chi connectivity index (χ1) is 15.0. The summed E-state index contributed by atoms with van der Waals surface area (Å²) in [6, 6.07) is 15.8. The van der Waals surface area contributed by atoms with Gasteiger partial charge in [-0.05, 0) is 62.1 Å². The van der Waals surface area contributed by atoms with Crippen LogP contribution in [-0.2, 0) is 9.59 Å². The molecule has 1 aliphatic heterocycles. The van der Waals surface area contributed by atoms with Crippen molar-refractivity contribution in [3.8, 4) is 5.75 Å². The number of aryl methyl sites for hydroxylation is 1. The van der Waals surface area contributed by atoms with Gasteiger partial charge in [-0.2, -0.15) is 0 Å². The van der Waals surface area contributed by atoms with Gasteiger partial charge in [0.25, 0.3) is 0 Å². The molecule has 0 bridgehead atoms. The van der Waals surface area contributed by atoms with Crippen LogP contribution >= 0.6 is 0 Å². The summed E-state index contributed by atoms with van der Waals surface area (Å²) in [6.07, 6.45) is 2.83. The highest BCUT2D eigenvalue weighted by Crippen LogP contribution is 2.32. The molecule has 1 fully saturated rings. The summed E-state index contributed by atoms with van der Waals surface area (Å²) in [5.74, 6) is 0.799. The minimum atomic E-state index is -0.0938. The summed E-state index contributed by atoms with van der Waals surface area (Å²) in [5, 5.41) is 2.97. The zero-order valence-electron chi connectivity index (χ0n) is 18.8. The maximum absolute atomic E-state index is 13.2. The van der Waals surface area contributed by atoms with Crippen LogP contribution in [0.15, 0.2) is 48.5 Å². The molecular weight excluding hydrogens is 390 g/mol. The topological polar surface area (TPSA) is 61.9 Å². The molecule has 2 aromatic rings. The third kappa shape index (κ3) is 6.07. The second-order valence-electron chi connectivity index (χ2n) is 8.09. The Morgan fingerprint density at radius 3 is 2.55 bits per heavy atom. The Labute approximate surface area is 185 Å². The second kappa shape index (κ2) is 11.0. The molecule has 1 aliphatic rings. The lowest BCUT2D eigenvalue weighted by atomic mass is 10.0. The van der Waals surface area contributed by atoms with E-state index in [-0.39, 0.29) is 30.9 Å². The van der Waals surface area contributed by atoms with E-state index in [1.54, 1.807) is 7.11 Å². The van der Waals surface area contributed by atoms with Crippen LogP contribution in [0.3, 0.4) is 0 Å². The highest BCUT2D eigenvalue weighted by molar-refractivity contribution is 5.93. The molecule has 0 radical (unpaired) electrons. The summed E-state index contributed by atoms with van der Waals surface area (Å²) in [7, 11) is 1.65. The number of para-hydroxylation sites is 1. The molecule has 0 spiro atoms. The van der Waals surface area contributed by atoms with Crippen molar-refractivity contribution in [2.75, 3.05) is 38.6 Å². The van der Waals surface area contributed by atoms with Gasteiger partial charge in [0.15, 0.2) is 0 Å². The van der Waals surface area contributed by atoms with Crippen molar-refractivity contribution >= 4 is 17.5 Å². The predicted octanol–water partition coefficient (Wildman–Crippen LogP) is 4.02. The molecule has 2 amide bonds. The molecule has 1 heterocycles. The van der Waals surface area contributed by atoms with Crippen molar-refractivity contribution in [1.29, 1.82) is 0 Å². The standard InChI is InChI=1S/C25H33N3O3/c1-4-15-27(17-24(29)26-22-9-6-5-8-19(22)2)18-25(30)28-16-7-10-23(28)20-11-13-21(31-3)14-12-20/h5-6,8-9,11-14,23H,4,7,10,15-18H2,1-3H3,(H,26,29). The van der Waals surface area contributed by atoms with E-state index >= 15 is 0 Å². The lowest BCUT2D eigenvalue weighted by Gasteiger charge is -2.28. The number of anilines is 1. The van der Waals surface area contributed by atoms with Crippen LogP contribution in [-0.4, -0.2) is 54.9 Å². The van der Waals surface area contributed by atoms with E-state index in [1.165, 1.54) is 0 Å². The largest absolute Gasteiger partial charge is 0.497 e. The Kier molecular flexibility index (Phi) is 8.06. The zero-order chi connectivity index (χ0) is 22.2. The second-order valence-corrected chi connectivity index (χ2v) is 8.09. The summed E-state index contributed by atoms with van der Waals surface area (Å²) >= 11 is 0. The number of benzene rings is 2. The molecule has 0 saturated carbocycles. The van der Waals surface area contributed by atoms with E-state index in [9.17, 15) is 9.59 Å². The van der Waals surface area contributed by atoms with Gasteiger partial charge in [0.1, 0.15) is 5.75 Å². The molecule has 1 atom stereocenters. The average molecular weight is 424 g/mol. The number of ether oxygens (including phenoxy) is 1. The zero-order valence-corrected chi connectivity index (χ0v) is 18.8. The maximum atomic E-state index is 13.2. The molecule has 2 aromatic carbocycles. The number of nitrogens with one attached hydrogen (secondary N) is 1. The van der Waals surface area contributed by atoms with E-state index < -0.39 is 0 Å². The SMILES string of the molecule is CCCN(CC(=O)Nc1ccccc1C)CC(=O)N1CCCC1c1ccc(OC)cc1. The van der Waals surface area contributed by atoms with E-state index in [1.807, 2.05) is 65.3 Å². The number of amides is 2. The first-order valence-corrected chi connectivity index (χ1v) is 11.0. The van der Waals surface area contributed by atoms with Crippen molar-refractivity contribution in [1.82, 2.24) is 9.80 Å². The van der Waals surface area contributed by atoms with Crippen LogP contribution in [0.25, 0.3) is 0 Å². The number of rotatable bonds is 9. The highest BCUT2D eigenvalue weighted by Gasteiger charge is 2.31. The molecule has 1 N–H and O–H groups in total. The van der Waals surface area contributed by atoms with Gasteiger partial charge in [0.05, 0.1) is 26.2 Å². The number of carbonyl (C=O) groups is 2. The quantitative estimate of drug-likeness (QED) is 0.662. The van der Waals surface area contributed by atoms with E-state index in [0.717, 1.165) is 48.4 Å². The predicted molar refractivity (Wildman–Crippen MR) is 123 cm³/mol. The molecule has 3 rings (SSSR count). The summed E-state index contributed by atoms with van der Waals surface area (Å²) in [5.41, 5.74) is 2.97. The monoisotopic (exact) mass is 423 g/mol. The van der Waals surface area contributed by atoms with Crippen LogP contribution in [0, 0.1) is 6.92 Å². The minimum absolute atomic E-state index is 0.0791. The van der Waals surface area contributed by atoms with E-state index in [0.29, 0.717) is 6.54 Å². The first-order valence-electron chi connectivity index (χ1n) is 11.0. The summed E-state index contributed by atoms with van der Waals surface area (Å²) in [4.78, 5) is 29.7. The van der Waals surface area contributed by atoms with Gasteiger partial charge >= 0.3 is 0 Å². The fourth-order valence-electron chi connectivity index (χ4n) is 4.16. The van der Waals surface area contributed by atoms with Gasteiger partial charge in [-0.25, -0.2) is 0 Å². The van der Waals surface area contributed by atoms with E-state index in [4.69, 9.17) is 4.74 Å². The fourth-order valence-corrected chi connectivity index (χ4v) is 4.16.